The van der Waals surface area contributed by atoms with Crippen LogP contribution >= 0.6 is 11.8 Å². The first-order chi connectivity index (χ1) is 18.0. The van der Waals surface area contributed by atoms with E-state index in [0.717, 1.165) is 16.0 Å². The van der Waals surface area contributed by atoms with Crippen molar-refractivity contribution in [3.63, 3.8) is 0 Å². The van der Waals surface area contributed by atoms with Crippen molar-refractivity contribution < 1.29 is 19.1 Å². The number of hydrogen-bond donors (Lipinski definition) is 1. The van der Waals surface area contributed by atoms with Gasteiger partial charge in [0.1, 0.15) is 11.5 Å². The summed E-state index contributed by atoms with van der Waals surface area (Å²) in [5.74, 6) is -2.42. The van der Waals surface area contributed by atoms with Crippen LogP contribution in [0.1, 0.15) is 11.5 Å². The van der Waals surface area contributed by atoms with Crippen LogP contribution in [-0.4, -0.2) is 32.4 Å². The molecule has 0 saturated heterocycles. The fourth-order valence-corrected chi connectivity index (χ4v) is 5.08. The zero-order valence-corrected chi connectivity index (χ0v) is 21.4. The van der Waals surface area contributed by atoms with Crippen LogP contribution < -0.4 is 10.6 Å². The summed E-state index contributed by atoms with van der Waals surface area (Å²) in [5, 5.41) is 10.2. The summed E-state index contributed by atoms with van der Waals surface area (Å²) in [7, 11) is 2.45. The lowest BCUT2D eigenvalue weighted by Gasteiger charge is -2.36. The van der Waals surface area contributed by atoms with Gasteiger partial charge in [0.05, 0.1) is 37.4 Å². The lowest BCUT2D eigenvalue weighted by molar-refractivity contribution is -0.139. The predicted octanol–water partition coefficient (Wildman–Crippen LogP) is 4.97. The average Bonchev–Trinajstić information content (AvgIpc) is 2.96. The molecule has 7 nitrogen and oxygen atoms in total. The molecule has 0 aliphatic carbocycles. The highest BCUT2D eigenvalue weighted by Gasteiger charge is 2.42. The first kappa shape index (κ1) is 25.6. The van der Waals surface area contributed by atoms with Crippen molar-refractivity contribution >= 4 is 29.4 Å². The lowest BCUT2D eigenvalue weighted by atomic mass is 9.81. The topological polar surface area (TPSA) is 106 Å². The van der Waals surface area contributed by atoms with Crippen molar-refractivity contribution in [2.45, 2.75) is 10.8 Å². The van der Waals surface area contributed by atoms with Crippen molar-refractivity contribution in [2.75, 3.05) is 25.4 Å². The van der Waals surface area contributed by atoms with E-state index < -0.39 is 17.9 Å². The molecule has 0 fully saturated rings. The third-order valence-electron chi connectivity index (χ3n) is 6.15. The van der Waals surface area contributed by atoms with E-state index in [9.17, 15) is 14.9 Å². The number of esters is 2. The molecule has 1 atom stereocenters. The molecule has 1 aliphatic rings. The number of thioether (sulfide) groups is 1. The molecule has 0 aromatic heterocycles. The highest BCUT2D eigenvalue weighted by molar-refractivity contribution is 7.98. The molecule has 1 heterocycles. The lowest BCUT2D eigenvalue weighted by Crippen LogP contribution is -2.40. The molecule has 186 valence electrons. The van der Waals surface area contributed by atoms with E-state index in [0.29, 0.717) is 11.3 Å². The first-order valence-corrected chi connectivity index (χ1v) is 12.6. The summed E-state index contributed by atoms with van der Waals surface area (Å²) < 4.78 is 10.2. The van der Waals surface area contributed by atoms with Crippen LogP contribution in [0.4, 0.5) is 5.69 Å². The number of anilines is 1. The number of hydrogen-bond acceptors (Lipinski definition) is 8. The fraction of sp³-hybridized carbons (Fsp3) is 0.138. The van der Waals surface area contributed by atoms with Crippen molar-refractivity contribution in [3.8, 4) is 17.2 Å². The van der Waals surface area contributed by atoms with Gasteiger partial charge >= 0.3 is 11.9 Å². The Labute approximate surface area is 219 Å². The minimum atomic E-state index is -0.906. The van der Waals surface area contributed by atoms with Gasteiger partial charge in [-0.3, -0.25) is 4.90 Å². The Morgan fingerprint density at radius 1 is 0.919 bits per heavy atom. The van der Waals surface area contributed by atoms with Gasteiger partial charge in [0.2, 0.25) is 0 Å². The Balaban J connectivity index is 1.94. The van der Waals surface area contributed by atoms with E-state index in [1.165, 1.54) is 19.1 Å². The van der Waals surface area contributed by atoms with E-state index in [2.05, 4.69) is 6.07 Å². The molecule has 3 aromatic carbocycles. The maximum atomic E-state index is 13.2. The summed E-state index contributed by atoms with van der Waals surface area (Å²) in [6.45, 7) is 0. The molecule has 1 aliphatic heterocycles. The molecule has 1 unspecified atom stereocenters. The number of carbonyl (C=O) groups excluding carboxylic acids is 2. The summed E-state index contributed by atoms with van der Waals surface area (Å²) in [6, 6.07) is 26.5. The first-order valence-electron chi connectivity index (χ1n) is 11.4. The second-order valence-electron chi connectivity index (χ2n) is 8.08. The second kappa shape index (κ2) is 11.1. The summed E-state index contributed by atoms with van der Waals surface area (Å²) >= 11 is 1.64. The van der Waals surface area contributed by atoms with Gasteiger partial charge in [0.15, 0.2) is 0 Å². The minimum Gasteiger partial charge on any atom is -0.466 e. The third kappa shape index (κ3) is 4.69. The zero-order chi connectivity index (χ0) is 26.5. The maximum absolute atomic E-state index is 13.2. The standard InChI is InChI=1S/C29H25N3O4S/c1-35-28(33)25-24(19-9-5-4-6-10-19)22(17-30)27(31)32(26(25)29(34)36-2)20-15-13-18(14-16-20)21-11-7-8-12-23(21)37-3/h4-16,24H,31H2,1-3H3. The van der Waals surface area contributed by atoms with Crippen LogP contribution in [0.2, 0.25) is 0 Å². The molecular weight excluding hydrogens is 486 g/mol. The number of ether oxygens (including phenoxy) is 2. The number of nitrogens with zero attached hydrogens (tertiary/aromatic N) is 2. The molecule has 4 rings (SSSR count). The molecule has 0 radical (unpaired) electrons. The van der Waals surface area contributed by atoms with Gasteiger partial charge in [-0.05, 0) is 41.1 Å². The number of allylic oxidation sites excluding steroid dienone is 1. The molecule has 2 N–H and O–H groups in total. The Kier molecular flexibility index (Phi) is 7.66. The van der Waals surface area contributed by atoms with Crippen LogP contribution in [0, 0.1) is 11.3 Å². The zero-order valence-electron chi connectivity index (χ0n) is 20.6. The fourth-order valence-electron chi connectivity index (χ4n) is 4.45. The number of methoxy groups -OCH3 is 2. The van der Waals surface area contributed by atoms with Crippen molar-refractivity contribution in [2.24, 2.45) is 5.73 Å². The van der Waals surface area contributed by atoms with E-state index in [1.807, 2.05) is 48.7 Å². The number of nitrogens with two attached hydrogens (primary N) is 1. The van der Waals surface area contributed by atoms with Crippen molar-refractivity contribution in [1.29, 1.82) is 5.26 Å². The Morgan fingerprint density at radius 3 is 2.14 bits per heavy atom. The molecule has 0 bridgehead atoms. The molecule has 0 amide bonds. The second-order valence-corrected chi connectivity index (χ2v) is 8.93. The smallest absolute Gasteiger partial charge is 0.355 e. The van der Waals surface area contributed by atoms with Gasteiger partial charge in [-0.25, -0.2) is 9.59 Å². The van der Waals surface area contributed by atoms with Crippen LogP contribution in [0.5, 0.6) is 0 Å². The third-order valence-corrected chi connectivity index (χ3v) is 6.95. The van der Waals surface area contributed by atoms with E-state index in [-0.39, 0.29) is 22.7 Å². The van der Waals surface area contributed by atoms with E-state index in [1.54, 1.807) is 48.2 Å². The maximum Gasteiger partial charge on any atom is 0.355 e. The molecule has 8 heteroatoms. The van der Waals surface area contributed by atoms with Gasteiger partial charge in [0.25, 0.3) is 0 Å². The minimum absolute atomic E-state index is 0.0249. The number of nitriles is 1. The quantitative estimate of drug-likeness (QED) is 0.365. The summed E-state index contributed by atoms with van der Waals surface area (Å²) in [4.78, 5) is 28.8. The van der Waals surface area contributed by atoms with E-state index in [4.69, 9.17) is 15.2 Å². The molecule has 0 spiro atoms. The van der Waals surface area contributed by atoms with Crippen molar-refractivity contribution in [1.82, 2.24) is 0 Å². The normalized spacial score (nSPS) is 15.3. The Bertz CT molecular complexity index is 1440. The number of rotatable bonds is 6. The van der Waals surface area contributed by atoms with Crippen LogP contribution in [0.3, 0.4) is 0 Å². The molecular formula is C29H25N3O4S. The van der Waals surface area contributed by atoms with Gasteiger partial charge < -0.3 is 15.2 Å². The largest absolute Gasteiger partial charge is 0.466 e. The van der Waals surface area contributed by atoms with Gasteiger partial charge in [-0.1, -0.05) is 60.7 Å². The van der Waals surface area contributed by atoms with Crippen LogP contribution in [-0.2, 0) is 19.1 Å². The van der Waals surface area contributed by atoms with Crippen LogP contribution in [0.25, 0.3) is 11.1 Å². The number of carbonyl (C=O) groups is 2. The van der Waals surface area contributed by atoms with Crippen LogP contribution in [0.15, 0.2) is 106 Å². The van der Waals surface area contributed by atoms with Crippen molar-refractivity contribution in [3.05, 3.63) is 107 Å². The Morgan fingerprint density at radius 2 is 1.54 bits per heavy atom. The van der Waals surface area contributed by atoms with Gasteiger partial charge in [-0.2, -0.15) is 5.26 Å². The molecule has 37 heavy (non-hydrogen) atoms. The molecule has 0 saturated carbocycles. The highest BCUT2D eigenvalue weighted by atomic mass is 32.2. The highest BCUT2D eigenvalue weighted by Crippen LogP contribution is 2.43. The van der Waals surface area contributed by atoms with Gasteiger partial charge in [0, 0.05) is 10.6 Å². The molecule has 3 aromatic rings. The SMILES string of the molecule is COC(=O)C1=C(C(=O)OC)N(c2ccc(-c3ccccc3SC)cc2)C(N)=C(C#N)C1c1ccccc1. The summed E-state index contributed by atoms with van der Waals surface area (Å²) in [6.07, 6.45) is 2.01. The monoisotopic (exact) mass is 511 g/mol. The number of benzene rings is 3. The van der Waals surface area contributed by atoms with E-state index >= 15 is 0 Å². The average molecular weight is 512 g/mol. The Hall–Kier alpha value is -4.48. The predicted molar refractivity (Wildman–Crippen MR) is 143 cm³/mol. The summed E-state index contributed by atoms with van der Waals surface area (Å²) in [5.41, 5.74) is 9.69. The van der Waals surface area contributed by atoms with Gasteiger partial charge in [-0.15, -0.1) is 11.8 Å².